The molecule has 1 aromatic carbocycles. The number of hydrogen-bond donors (Lipinski definition) is 1. The van der Waals surface area contributed by atoms with Gasteiger partial charge in [-0.05, 0) is 40.8 Å². The van der Waals surface area contributed by atoms with Gasteiger partial charge in [-0.2, -0.15) is 11.3 Å². The van der Waals surface area contributed by atoms with Gasteiger partial charge < -0.3 is 9.80 Å². The van der Waals surface area contributed by atoms with Gasteiger partial charge in [-0.25, -0.2) is 0 Å². The number of carbonyl (C=O) groups is 1. The van der Waals surface area contributed by atoms with Gasteiger partial charge in [0.2, 0.25) is 0 Å². The first-order valence-corrected chi connectivity index (χ1v) is 10.1. The number of rotatable bonds is 3. The second kappa shape index (κ2) is 6.67. The highest BCUT2D eigenvalue weighted by Gasteiger charge is 2.27. The average Bonchev–Trinajstić information content (AvgIpc) is 3.23. The van der Waals surface area contributed by atoms with E-state index >= 15 is 0 Å². The maximum absolute atomic E-state index is 12.9. The van der Waals surface area contributed by atoms with Crippen LogP contribution in [0.1, 0.15) is 20.8 Å². The molecule has 1 fully saturated rings. The molecule has 3 aromatic rings. The Bertz CT molecular complexity index is 846. The molecule has 3 nitrogen and oxygen atoms in total. The molecule has 1 saturated heterocycles. The molecule has 1 amide bonds. The van der Waals surface area contributed by atoms with Crippen molar-refractivity contribution in [3.63, 3.8) is 0 Å². The molecule has 1 aliphatic heterocycles. The first-order chi connectivity index (χ1) is 11.7. The smallest absolute Gasteiger partial charge is 0.264 e. The number of fused-ring (bicyclic) bond motifs is 1. The van der Waals surface area contributed by atoms with E-state index in [1.54, 1.807) is 27.6 Å². The molecule has 0 aliphatic carbocycles. The maximum atomic E-state index is 12.9. The third kappa shape index (κ3) is 2.99. The highest BCUT2D eigenvalue weighted by atomic mass is 32.1. The van der Waals surface area contributed by atoms with Crippen molar-refractivity contribution in [2.75, 3.05) is 26.2 Å². The molecular weight excluding hydrogens is 336 g/mol. The molecule has 0 bridgehead atoms. The van der Waals surface area contributed by atoms with Gasteiger partial charge in [0, 0.05) is 10.3 Å². The quantitative estimate of drug-likeness (QED) is 0.766. The predicted octanol–water partition coefficient (Wildman–Crippen LogP) is 2.81. The summed E-state index contributed by atoms with van der Waals surface area (Å²) in [6, 6.07) is 10.5. The van der Waals surface area contributed by atoms with Gasteiger partial charge in [-0.3, -0.25) is 4.79 Å². The maximum Gasteiger partial charge on any atom is 0.264 e. The van der Waals surface area contributed by atoms with Gasteiger partial charge in [0.1, 0.15) is 6.54 Å². The molecule has 124 valence electrons. The molecule has 5 heteroatoms. The monoisotopic (exact) mass is 357 g/mol. The van der Waals surface area contributed by atoms with Crippen LogP contribution in [0.2, 0.25) is 0 Å². The van der Waals surface area contributed by atoms with Crippen LogP contribution in [0.5, 0.6) is 0 Å². The molecule has 0 saturated carbocycles. The van der Waals surface area contributed by atoms with Crippen LogP contribution < -0.4 is 4.90 Å². The molecule has 0 atom stereocenters. The van der Waals surface area contributed by atoms with Gasteiger partial charge in [0.15, 0.2) is 0 Å². The summed E-state index contributed by atoms with van der Waals surface area (Å²) in [5.74, 6) is 0.211. The molecule has 3 heterocycles. The van der Waals surface area contributed by atoms with E-state index in [1.165, 1.54) is 15.6 Å². The Morgan fingerprint density at radius 3 is 2.71 bits per heavy atom. The van der Waals surface area contributed by atoms with Crippen molar-refractivity contribution in [1.29, 1.82) is 0 Å². The van der Waals surface area contributed by atoms with Gasteiger partial charge in [0.05, 0.1) is 31.1 Å². The largest absolute Gasteiger partial charge is 0.328 e. The van der Waals surface area contributed by atoms with E-state index in [4.69, 9.17) is 0 Å². The highest BCUT2D eigenvalue weighted by molar-refractivity contribution is 7.21. The van der Waals surface area contributed by atoms with Gasteiger partial charge in [-0.15, -0.1) is 11.3 Å². The molecular formula is C19H21N2OS2+. The fourth-order valence-corrected chi connectivity index (χ4v) is 5.25. The van der Waals surface area contributed by atoms with Crippen molar-refractivity contribution >= 4 is 38.7 Å². The van der Waals surface area contributed by atoms with Crippen LogP contribution in [0, 0.1) is 6.92 Å². The Hall–Kier alpha value is -1.69. The minimum Gasteiger partial charge on any atom is -0.328 e. The number of benzene rings is 1. The van der Waals surface area contributed by atoms with Gasteiger partial charge >= 0.3 is 0 Å². The molecule has 4 rings (SSSR count). The van der Waals surface area contributed by atoms with Crippen molar-refractivity contribution in [3.8, 4) is 0 Å². The van der Waals surface area contributed by atoms with Crippen molar-refractivity contribution in [2.45, 2.75) is 13.5 Å². The lowest BCUT2D eigenvalue weighted by Crippen LogP contribution is -3.13. The van der Waals surface area contributed by atoms with Crippen molar-refractivity contribution < 1.29 is 9.69 Å². The lowest BCUT2D eigenvalue weighted by atomic mass is 10.1. The number of aryl methyl sites for hydroxylation is 1. The van der Waals surface area contributed by atoms with Crippen molar-refractivity contribution in [3.05, 3.63) is 57.1 Å². The molecule has 0 spiro atoms. The first-order valence-electron chi connectivity index (χ1n) is 8.34. The number of nitrogens with zero attached hydrogens (tertiary/aromatic N) is 1. The van der Waals surface area contributed by atoms with Crippen molar-refractivity contribution in [2.24, 2.45) is 0 Å². The van der Waals surface area contributed by atoms with Crippen LogP contribution in [0.4, 0.5) is 0 Å². The molecule has 0 unspecified atom stereocenters. The Kier molecular flexibility index (Phi) is 4.39. The number of hydrogen-bond acceptors (Lipinski definition) is 3. The second-order valence-electron chi connectivity index (χ2n) is 6.40. The number of quaternary nitrogens is 1. The third-order valence-electron chi connectivity index (χ3n) is 4.83. The molecule has 0 radical (unpaired) electrons. The van der Waals surface area contributed by atoms with Gasteiger partial charge in [0.25, 0.3) is 5.91 Å². The Balaban J connectivity index is 1.45. The minimum atomic E-state index is 0.211. The van der Waals surface area contributed by atoms with E-state index in [9.17, 15) is 4.79 Å². The Morgan fingerprint density at radius 1 is 1.21 bits per heavy atom. The lowest BCUT2D eigenvalue weighted by molar-refractivity contribution is -0.917. The zero-order valence-electron chi connectivity index (χ0n) is 13.7. The van der Waals surface area contributed by atoms with E-state index in [1.807, 2.05) is 17.0 Å². The normalized spacial score (nSPS) is 16.0. The summed E-state index contributed by atoms with van der Waals surface area (Å²) in [6.45, 7) is 6.92. The fourth-order valence-electron chi connectivity index (χ4n) is 3.41. The molecule has 24 heavy (non-hydrogen) atoms. The van der Waals surface area contributed by atoms with E-state index in [0.29, 0.717) is 0 Å². The molecule has 2 aromatic heterocycles. The number of piperazine rings is 1. The summed E-state index contributed by atoms with van der Waals surface area (Å²) in [6.07, 6.45) is 0. The summed E-state index contributed by atoms with van der Waals surface area (Å²) in [5, 5.41) is 5.58. The van der Waals surface area contributed by atoms with E-state index < -0.39 is 0 Å². The number of nitrogens with one attached hydrogen (secondary N) is 1. The van der Waals surface area contributed by atoms with E-state index in [-0.39, 0.29) is 5.91 Å². The Labute approximate surface area is 150 Å². The lowest BCUT2D eigenvalue weighted by Gasteiger charge is -2.32. The minimum absolute atomic E-state index is 0.211. The van der Waals surface area contributed by atoms with Crippen LogP contribution in [0.15, 0.2) is 41.1 Å². The zero-order chi connectivity index (χ0) is 16.5. The van der Waals surface area contributed by atoms with Crippen LogP contribution in [-0.2, 0) is 6.54 Å². The number of carbonyl (C=O) groups excluding carboxylic acids is 1. The van der Waals surface area contributed by atoms with Crippen LogP contribution in [-0.4, -0.2) is 37.0 Å². The summed E-state index contributed by atoms with van der Waals surface area (Å²) < 4.78 is 1.21. The number of thiophene rings is 2. The zero-order valence-corrected chi connectivity index (χ0v) is 15.4. The van der Waals surface area contributed by atoms with Crippen LogP contribution >= 0.6 is 22.7 Å². The molecule has 1 N–H and O–H groups in total. The first kappa shape index (κ1) is 15.8. The molecule has 1 aliphatic rings. The second-order valence-corrected chi connectivity index (χ2v) is 8.24. The van der Waals surface area contributed by atoms with Crippen molar-refractivity contribution in [1.82, 2.24) is 4.90 Å². The Morgan fingerprint density at radius 2 is 2.00 bits per heavy atom. The van der Waals surface area contributed by atoms with E-state index in [0.717, 1.165) is 43.2 Å². The van der Waals surface area contributed by atoms with Crippen LogP contribution in [0.3, 0.4) is 0 Å². The predicted molar refractivity (Wildman–Crippen MR) is 101 cm³/mol. The van der Waals surface area contributed by atoms with E-state index in [2.05, 4.69) is 35.9 Å². The summed E-state index contributed by atoms with van der Waals surface area (Å²) in [5.41, 5.74) is 2.55. The number of amides is 1. The van der Waals surface area contributed by atoms with Gasteiger partial charge in [-0.1, -0.05) is 18.2 Å². The summed E-state index contributed by atoms with van der Waals surface area (Å²) in [7, 11) is 0. The summed E-state index contributed by atoms with van der Waals surface area (Å²) >= 11 is 3.39. The third-order valence-corrected chi connectivity index (χ3v) is 6.82. The highest BCUT2D eigenvalue weighted by Crippen LogP contribution is 2.31. The standard InChI is InChI=1S/C19H20N2OS2/c1-14-16-4-2-3-5-17(16)24-18(14)19(22)21-9-7-20(8-10-21)12-15-6-11-23-13-15/h2-6,11,13H,7-10,12H2,1H3/p+1. The summed E-state index contributed by atoms with van der Waals surface area (Å²) in [4.78, 5) is 17.5. The average molecular weight is 358 g/mol. The fraction of sp³-hybridized carbons (Fsp3) is 0.316. The SMILES string of the molecule is Cc1c(C(=O)N2CC[NH+](Cc3ccsc3)CC2)sc2ccccc12. The topological polar surface area (TPSA) is 24.8 Å². The van der Waals surface area contributed by atoms with Crippen LogP contribution in [0.25, 0.3) is 10.1 Å².